The number of sulfonamides is 1. The second-order valence-corrected chi connectivity index (χ2v) is 9.20. The third-order valence-corrected chi connectivity index (χ3v) is 6.85. The highest BCUT2D eigenvalue weighted by Crippen LogP contribution is 2.49. The predicted molar refractivity (Wildman–Crippen MR) is 94.1 cm³/mol. The lowest BCUT2D eigenvalue weighted by Gasteiger charge is -2.20. The Bertz CT molecular complexity index is 697. The summed E-state index contributed by atoms with van der Waals surface area (Å²) in [5.41, 5.74) is 0.645. The number of amides is 1. The van der Waals surface area contributed by atoms with Crippen molar-refractivity contribution in [2.75, 3.05) is 5.32 Å². The lowest BCUT2D eigenvalue weighted by Crippen LogP contribution is -2.30. The normalized spacial score (nSPS) is 26.0. The van der Waals surface area contributed by atoms with Crippen molar-refractivity contribution in [3.05, 3.63) is 24.3 Å². The number of hydrogen-bond donors (Lipinski definition) is 2. The van der Waals surface area contributed by atoms with E-state index in [1.165, 1.54) is 37.8 Å². The van der Waals surface area contributed by atoms with Gasteiger partial charge in [-0.1, -0.05) is 6.42 Å². The first-order valence-electron chi connectivity index (χ1n) is 8.76. The summed E-state index contributed by atoms with van der Waals surface area (Å²) >= 11 is 0. The van der Waals surface area contributed by atoms with Crippen molar-refractivity contribution in [2.45, 2.75) is 56.9 Å². The average Bonchev–Trinajstić information content (AvgIpc) is 3.09. The summed E-state index contributed by atoms with van der Waals surface area (Å²) in [4.78, 5) is 12.4. The Morgan fingerprint density at radius 1 is 1.17 bits per heavy atom. The average molecular weight is 350 g/mol. The molecule has 2 aliphatic rings. The van der Waals surface area contributed by atoms with E-state index in [2.05, 4.69) is 10.0 Å². The number of benzene rings is 1. The first-order valence-corrected chi connectivity index (χ1v) is 10.2. The van der Waals surface area contributed by atoms with Gasteiger partial charge in [0.2, 0.25) is 15.9 Å². The Morgan fingerprint density at radius 2 is 1.88 bits per heavy atom. The molecule has 1 aromatic rings. The Labute approximate surface area is 144 Å². The molecule has 2 bridgehead atoms. The van der Waals surface area contributed by atoms with E-state index in [4.69, 9.17) is 0 Å². The minimum Gasteiger partial charge on any atom is -0.326 e. The van der Waals surface area contributed by atoms with Crippen LogP contribution in [-0.4, -0.2) is 20.4 Å². The van der Waals surface area contributed by atoms with Crippen LogP contribution < -0.4 is 10.0 Å². The van der Waals surface area contributed by atoms with Crippen molar-refractivity contribution >= 4 is 21.6 Å². The molecule has 0 heterocycles. The van der Waals surface area contributed by atoms with Crippen LogP contribution in [0.15, 0.2) is 29.2 Å². The number of carbonyl (C=O) groups excluding carboxylic acids is 1. The molecule has 5 nitrogen and oxygen atoms in total. The van der Waals surface area contributed by atoms with Crippen LogP contribution in [-0.2, 0) is 14.8 Å². The van der Waals surface area contributed by atoms with E-state index in [0.29, 0.717) is 18.0 Å². The molecular weight excluding hydrogens is 324 g/mol. The van der Waals surface area contributed by atoms with E-state index in [1.807, 2.05) is 0 Å². The summed E-state index contributed by atoms with van der Waals surface area (Å²) in [6.45, 7) is 3.56. The van der Waals surface area contributed by atoms with Crippen LogP contribution in [0.4, 0.5) is 5.69 Å². The first kappa shape index (κ1) is 17.4. The van der Waals surface area contributed by atoms with Gasteiger partial charge in [-0.3, -0.25) is 4.79 Å². The van der Waals surface area contributed by atoms with Gasteiger partial charge >= 0.3 is 0 Å². The topological polar surface area (TPSA) is 75.3 Å². The zero-order valence-electron chi connectivity index (χ0n) is 14.3. The van der Waals surface area contributed by atoms with Crippen molar-refractivity contribution in [1.82, 2.24) is 4.72 Å². The molecule has 2 aliphatic carbocycles. The van der Waals surface area contributed by atoms with E-state index >= 15 is 0 Å². The lowest BCUT2D eigenvalue weighted by molar-refractivity contribution is -0.117. The maximum absolute atomic E-state index is 12.2. The third kappa shape index (κ3) is 3.98. The van der Waals surface area contributed by atoms with Gasteiger partial charge in [0.05, 0.1) is 4.90 Å². The quantitative estimate of drug-likeness (QED) is 0.827. The number of anilines is 1. The van der Waals surface area contributed by atoms with Crippen molar-refractivity contribution in [2.24, 2.45) is 17.8 Å². The van der Waals surface area contributed by atoms with Gasteiger partial charge in [-0.05, 0) is 75.1 Å². The largest absolute Gasteiger partial charge is 0.326 e. The second kappa shape index (κ2) is 6.84. The molecule has 3 unspecified atom stereocenters. The highest BCUT2D eigenvalue weighted by atomic mass is 32.2. The summed E-state index contributed by atoms with van der Waals surface area (Å²) in [5, 5.41) is 2.89. The molecule has 2 fully saturated rings. The fraction of sp³-hybridized carbons (Fsp3) is 0.611. The van der Waals surface area contributed by atoms with Crippen LogP contribution in [0.1, 0.15) is 46.0 Å². The highest BCUT2D eigenvalue weighted by Gasteiger charge is 2.40. The van der Waals surface area contributed by atoms with Gasteiger partial charge in [-0.25, -0.2) is 13.1 Å². The molecule has 24 heavy (non-hydrogen) atoms. The Balaban J connectivity index is 1.57. The summed E-state index contributed by atoms with van der Waals surface area (Å²) in [6.07, 6.45) is 5.68. The van der Waals surface area contributed by atoms with Crippen LogP contribution in [0.3, 0.4) is 0 Å². The van der Waals surface area contributed by atoms with Crippen LogP contribution in [0.5, 0.6) is 0 Å². The van der Waals surface area contributed by atoms with Gasteiger partial charge in [-0.15, -0.1) is 0 Å². The standard InChI is InChI=1S/C18H26N2O3S/c1-12(2)20-24(22,23)17-7-5-16(6-8-17)19-18(21)11-15-10-13-3-4-14(15)9-13/h5-8,12-15,20H,3-4,9-11H2,1-2H3,(H,19,21). The SMILES string of the molecule is CC(C)NS(=O)(=O)c1ccc(NC(=O)CC2CC3CCC2C3)cc1. The van der Waals surface area contributed by atoms with Crippen LogP contribution in [0, 0.1) is 17.8 Å². The van der Waals surface area contributed by atoms with Gasteiger partial charge in [0.25, 0.3) is 0 Å². The van der Waals surface area contributed by atoms with Crippen molar-refractivity contribution in [3.63, 3.8) is 0 Å². The minimum atomic E-state index is -3.49. The minimum absolute atomic E-state index is 0.0310. The maximum Gasteiger partial charge on any atom is 0.240 e. The van der Waals surface area contributed by atoms with Crippen LogP contribution in [0.2, 0.25) is 0 Å². The van der Waals surface area contributed by atoms with Crippen molar-refractivity contribution < 1.29 is 13.2 Å². The molecular formula is C18H26N2O3S. The second-order valence-electron chi connectivity index (χ2n) is 7.49. The number of carbonyl (C=O) groups is 1. The van der Waals surface area contributed by atoms with Gasteiger partial charge in [0.15, 0.2) is 0 Å². The van der Waals surface area contributed by atoms with Crippen LogP contribution >= 0.6 is 0 Å². The summed E-state index contributed by atoms with van der Waals surface area (Å²) in [6, 6.07) is 6.19. The highest BCUT2D eigenvalue weighted by molar-refractivity contribution is 7.89. The molecule has 3 rings (SSSR count). The molecule has 0 spiro atoms. The summed E-state index contributed by atoms with van der Waals surface area (Å²) in [5.74, 6) is 2.13. The molecule has 6 heteroatoms. The fourth-order valence-corrected chi connectivity index (χ4v) is 5.42. The Kier molecular flexibility index (Phi) is 4.97. The smallest absolute Gasteiger partial charge is 0.240 e. The number of hydrogen-bond acceptors (Lipinski definition) is 3. The van der Waals surface area contributed by atoms with Crippen molar-refractivity contribution in [1.29, 1.82) is 0 Å². The third-order valence-electron chi connectivity index (χ3n) is 5.17. The van der Waals surface area contributed by atoms with Crippen LogP contribution in [0.25, 0.3) is 0 Å². The van der Waals surface area contributed by atoms with Gasteiger partial charge in [0, 0.05) is 18.2 Å². The Morgan fingerprint density at radius 3 is 2.42 bits per heavy atom. The fourth-order valence-electron chi connectivity index (χ4n) is 4.17. The maximum atomic E-state index is 12.2. The van der Waals surface area contributed by atoms with E-state index in [0.717, 1.165) is 11.8 Å². The predicted octanol–water partition coefficient (Wildman–Crippen LogP) is 3.14. The number of nitrogens with one attached hydrogen (secondary N) is 2. The monoisotopic (exact) mass is 350 g/mol. The van der Waals surface area contributed by atoms with Gasteiger partial charge in [0.1, 0.15) is 0 Å². The molecule has 0 aromatic heterocycles. The number of rotatable bonds is 6. The summed E-state index contributed by atoms with van der Waals surface area (Å²) < 4.78 is 26.7. The molecule has 2 saturated carbocycles. The lowest BCUT2D eigenvalue weighted by atomic mass is 9.86. The molecule has 2 N–H and O–H groups in total. The summed E-state index contributed by atoms with van der Waals surface area (Å²) in [7, 11) is -3.49. The van der Waals surface area contributed by atoms with Gasteiger partial charge < -0.3 is 5.32 Å². The van der Waals surface area contributed by atoms with E-state index in [9.17, 15) is 13.2 Å². The van der Waals surface area contributed by atoms with E-state index in [-0.39, 0.29) is 16.8 Å². The van der Waals surface area contributed by atoms with Crippen molar-refractivity contribution in [3.8, 4) is 0 Å². The zero-order valence-corrected chi connectivity index (χ0v) is 15.1. The molecule has 1 aromatic carbocycles. The molecule has 0 radical (unpaired) electrons. The van der Waals surface area contributed by atoms with Gasteiger partial charge in [-0.2, -0.15) is 0 Å². The molecule has 0 aliphatic heterocycles. The molecule has 3 atom stereocenters. The number of fused-ring (bicyclic) bond motifs is 2. The van der Waals surface area contributed by atoms with E-state index < -0.39 is 10.0 Å². The zero-order chi connectivity index (χ0) is 17.3. The Hall–Kier alpha value is -1.40. The first-order chi connectivity index (χ1) is 11.3. The molecule has 0 saturated heterocycles. The van der Waals surface area contributed by atoms with E-state index in [1.54, 1.807) is 26.0 Å². The molecule has 1 amide bonds. The molecule has 132 valence electrons.